The number of nitrogens with one attached hydrogen (secondary N) is 4. The quantitative estimate of drug-likeness (QED) is 0.496. The highest BCUT2D eigenvalue weighted by atomic mass is 16.5. The van der Waals surface area contributed by atoms with E-state index in [4.69, 9.17) is 10.00 Å². The Balaban J connectivity index is 1.56. The number of aromatic amines is 1. The number of hydrogen-bond acceptors (Lipinski definition) is 5. The maximum absolute atomic E-state index is 12.1. The van der Waals surface area contributed by atoms with E-state index < -0.39 is 17.9 Å². The van der Waals surface area contributed by atoms with Crippen LogP contribution >= 0.6 is 0 Å². The molecule has 1 heterocycles. The summed E-state index contributed by atoms with van der Waals surface area (Å²) >= 11 is 0. The number of nitriles is 1. The standard InChI is InChI=1S/C20H17N5O4/c1-29-19(27)16-10-22-17-7-6-14(8-15(16)17)24-18(26)11-23-20(28)25-13-4-2-12(9-21)3-5-13/h2-8,10,22H,11H2,1H3,(H,24,26)(H2,23,25,28). The van der Waals surface area contributed by atoms with Gasteiger partial charge in [0, 0.05) is 28.5 Å². The van der Waals surface area contributed by atoms with Crippen molar-refractivity contribution in [3.8, 4) is 6.07 Å². The lowest BCUT2D eigenvalue weighted by atomic mass is 10.1. The van der Waals surface area contributed by atoms with E-state index >= 15 is 0 Å². The number of aromatic nitrogens is 1. The first-order chi connectivity index (χ1) is 14.0. The Hall–Kier alpha value is -4.32. The lowest BCUT2D eigenvalue weighted by molar-refractivity contribution is -0.115. The van der Waals surface area contributed by atoms with Crippen molar-refractivity contribution in [2.75, 3.05) is 24.3 Å². The van der Waals surface area contributed by atoms with Gasteiger partial charge in [-0.3, -0.25) is 4.79 Å². The highest BCUT2D eigenvalue weighted by Gasteiger charge is 2.13. The molecule has 9 nitrogen and oxygen atoms in total. The summed E-state index contributed by atoms with van der Waals surface area (Å²) in [6.45, 7) is -0.253. The predicted molar refractivity (Wildman–Crippen MR) is 106 cm³/mol. The zero-order valence-corrected chi connectivity index (χ0v) is 15.4. The van der Waals surface area contributed by atoms with Gasteiger partial charge >= 0.3 is 12.0 Å². The Bertz CT molecular complexity index is 1110. The van der Waals surface area contributed by atoms with Crippen LogP contribution in [0, 0.1) is 11.3 Å². The zero-order chi connectivity index (χ0) is 20.8. The minimum Gasteiger partial charge on any atom is -0.465 e. The minimum absolute atomic E-state index is 0.253. The van der Waals surface area contributed by atoms with Gasteiger partial charge in [-0.2, -0.15) is 5.26 Å². The molecule has 2 aromatic carbocycles. The van der Waals surface area contributed by atoms with Crippen molar-refractivity contribution in [2.45, 2.75) is 0 Å². The maximum atomic E-state index is 12.1. The van der Waals surface area contributed by atoms with Crippen molar-refractivity contribution >= 4 is 40.2 Å². The fourth-order valence-electron chi connectivity index (χ4n) is 2.65. The third-order valence-electron chi connectivity index (χ3n) is 4.05. The summed E-state index contributed by atoms with van der Waals surface area (Å²) in [5.74, 6) is -0.921. The van der Waals surface area contributed by atoms with Gasteiger partial charge in [-0.15, -0.1) is 0 Å². The monoisotopic (exact) mass is 391 g/mol. The molecule has 4 N–H and O–H groups in total. The number of urea groups is 1. The van der Waals surface area contributed by atoms with Crippen LogP contribution in [0.25, 0.3) is 10.9 Å². The van der Waals surface area contributed by atoms with Gasteiger partial charge in [-0.1, -0.05) is 0 Å². The van der Waals surface area contributed by atoms with Crippen molar-refractivity contribution in [2.24, 2.45) is 0 Å². The van der Waals surface area contributed by atoms with E-state index in [9.17, 15) is 14.4 Å². The number of amides is 3. The number of carbonyl (C=O) groups is 3. The first-order valence-corrected chi connectivity index (χ1v) is 8.54. The van der Waals surface area contributed by atoms with Crippen molar-refractivity contribution < 1.29 is 19.1 Å². The molecule has 0 bridgehead atoms. The molecule has 0 fully saturated rings. The molecular formula is C20H17N5O4. The molecule has 146 valence electrons. The first-order valence-electron chi connectivity index (χ1n) is 8.54. The Labute approximate surface area is 165 Å². The molecule has 3 aromatic rings. The molecule has 29 heavy (non-hydrogen) atoms. The number of ether oxygens (including phenoxy) is 1. The molecule has 3 amide bonds. The Kier molecular flexibility index (Phi) is 5.75. The number of carbonyl (C=O) groups excluding carboxylic acids is 3. The van der Waals surface area contributed by atoms with E-state index in [2.05, 4.69) is 20.9 Å². The maximum Gasteiger partial charge on any atom is 0.340 e. The smallest absolute Gasteiger partial charge is 0.340 e. The van der Waals surface area contributed by atoms with Gasteiger partial charge in [0.25, 0.3) is 0 Å². The number of rotatable bonds is 5. The molecule has 0 aliphatic heterocycles. The van der Waals surface area contributed by atoms with Crippen LogP contribution < -0.4 is 16.0 Å². The van der Waals surface area contributed by atoms with Gasteiger partial charge in [0.15, 0.2) is 0 Å². The zero-order valence-electron chi connectivity index (χ0n) is 15.4. The number of hydrogen-bond donors (Lipinski definition) is 4. The molecule has 0 radical (unpaired) electrons. The molecular weight excluding hydrogens is 374 g/mol. The molecule has 0 unspecified atom stereocenters. The van der Waals surface area contributed by atoms with E-state index in [1.165, 1.54) is 13.3 Å². The normalized spacial score (nSPS) is 10.1. The summed E-state index contributed by atoms with van der Waals surface area (Å²) in [4.78, 5) is 38.8. The Morgan fingerprint density at radius 3 is 2.48 bits per heavy atom. The first kappa shape index (κ1) is 19.4. The van der Waals surface area contributed by atoms with Gasteiger partial charge in [0.05, 0.1) is 30.9 Å². The summed E-state index contributed by atoms with van der Waals surface area (Å²) in [6.07, 6.45) is 1.54. The predicted octanol–water partition coefficient (Wildman–Crippen LogP) is 2.59. The number of anilines is 2. The number of esters is 1. The lowest BCUT2D eigenvalue weighted by Gasteiger charge is -2.09. The van der Waals surface area contributed by atoms with Crippen LogP contribution in [-0.2, 0) is 9.53 Å². The molecule has 1 aromatic heterocycles. The summed E-state index contributed by atoms with van der Waals surface area (Å²) < 4.78 is 4.73. The van der Waals surface area contributed by atoms with Crippen LogP contribution in [-0.4, -0.2) is 36.5 Å². The summed E-state index contributed by atoms with van der Waals surface area (Å²) in [7, 11) is 1.29. The van der Waals surface area contributed by atoms with Gasteiger partial charge in [0.1, 0.15) is 0 Å². The fraction of sp³-hybridized carbons (Fsp3) is 0.100. The largest absolute Gasteiger partial charge is 0.465 e. The lowest BCUT2D eigenvalue weighted by Crippen LogP contribution is -2.35. The molecule has 0 aliphatic carbocycles. The second-order valence-electron chi connectivity index (χ2n) is 6.00. The number of nitrogens with zero attached hydrogens (tertiary/aromatic N) is 1. The van der Waals surface area contributed by atoms with E-state index in [-0.39, 0.29) is 6.54 Å². The molecule has 3 rings (SSSR count). The van der Waals surface area contributed by atoms with E-state index in [1.54, 1.807) is 42.5 Å². The van der Waals surface area contributed by atoms with Gasteiger partial charge < -0.3 is 25.7 Å². The van der Waals surface area contributed by atoms with E-state index in [1.807, 2.05) is 6.07 Å². The number of fused-ring (bicyclic) bond motifs is 1. The Morgan fingerprint density at radius 1 is 1.07 bits per heavy atom. The highest BCUT2D eigenvalue weighted by molar-refractivity contribution is 6.06. The SMILES string of the molecule is COC(=O)c1c[nH]c2ccc(NC(=O)CNC(=O)Nc3ccc(C#N)cc3)cc12. The Morgan fingerprint density at radius 2 is 1.79 bits per heavy atom. The van der Waals surface area contributed by atoms with Crippen LogP contribution in [0.5, 0.6) is 0 Å². The van der Waals surface area contributed by atoms with Crippen molar-refractivity contribution in [3.63, 3.8) is 0 Å². The number of benzene rings is 2. The van der Waals surface area contributed by atoms with Crippen LogP contribution in [0.3, 0.4) is 0 Å². The average molecular weight is 391 g/mol. The summed E-state index contributed by atoms with van der Waals surface area (Å²) in [6, 6.07) is 12.8. The van der Waals surface area contributed by atoms with Gasteiger partial charge in [0.2, 0.25) is 5.91 Å². The summed E-state index contributed by atoms with van der Waals surface area (Å²) in [5, 5.41) is 17.0. The molecule has 0 aliphatic rings. The van der Waals surface area contributed by atoms with Crippen LogP contribution in [0.4, 0.5) is 16.2 Å². The molecule has 0 saturated heterocycles. The second-order valence-corrected chi connectivity index (χ2v) is 6.00. The second kappa shape index (κ2) is 8.58. The van der Waals surface area contributed by atoms with Crippen molar-refractivity contribution in [1.82, 2.24) is 10.3 Å². The average Bonchev–Trinajstić information content (AvgIpc) is 3.15. The molecule has 0 saturated carbocycles. The van der Waals surface area contributed by atoms with Crippen LogP contribution in [0.15, 0.2) is 48.7 Å². The topological polar surface area (TPSA) is 136 Å². The fourth-order valence-corrected chi connectivity index (χ4v) is 2.65. The third kappa shape index (κ3) is 4.70. The van der Waals surface area contributed by atoms with Crippen molar-refractivity contribution in [3.05, 3.63) is 59.8 Å². The number of H-pyrrole nitrogens is 1. The molecule has 0 spiro atoms. The van der Waals surface area contributed by atoms with E-state index in [0.29, 0.717) is 27.9 Å². The molecule has 0 atom stereocenters. The molecule has 9 heteroatoms. The highest BCUT2D eigenvalue weighted by Crippen LogP contribution is 2.23. The van der Waals surface area contributed by atoms with Gasteiger partial charge in [-0.05, 0) is 42.5 Å². The van der Waals surface area contributed by atoms with Crippen molar-refractivity contribution in [1.29, 1.82) is 5.26 Å². The number of methoxy groups -OCH3 is 1. The van der Waals surface area contributed by atoms with E-state index in [0.717, 1.165) is 5.52 Å². The summed E-state index contributed by atoms with van der Waals surface area (Å²) in [5.41, 5.74) is 2.53. The van der Waals surface area contributed by atoms with Gasteiger partial charge in [-0.25, -0.2) is 9.59 Å². The minimum atomic E-state index is -0.557. The third-order valence-corrected chi connectivity index (χ3v) is 4.05. The van der Waals surface area contributed by atoms with Crippen LogP contribution in [0.2, 0.25) is 0 Å². The van der Waals surface area contributed by atoms with Crippen LogP contribution in [0.1, 0.15) is 15.9 Å².